The fourth-order valence-electron chi connectivity index (χ4n) is 2.94. The van der Waals surface area contributed by atoms with Crippen LogP contribution in [0.4, 0.5) is 4.79 Å². The standard InChI is InChI=1S/C24H38N2O4/c1-5-6-7-8-12-16-24(4,29)17-15-21(22(27)25-19(2)3)26-23(28)30-18-20-13-10-9-11-14-20/h9-11,13-15,17,19,21,29H,5-8,12,16,18H2,1-4H3,(H,25,27)(H,26,28)/b17-15+. The molecule has 0 bridgehead atoms. The molecule has 168 valence electrons. The summed E-state index contributed by atoms with van der Waals surface area (Å²) >= 11 is 0. The number of hydrogen-bond donors (Lipinski definition) is 3. The van der Waals surface area contributed by atoms with E-state index in [1.807, 2.05) is 44.2 Å². The average molecular weight is 419 g/mol. The Hall–Kier alpha value is -2.34. The van der Waals surface area contributed by atoms with Crippen molar-refractivity contribution in [3.63, 3.8) is 0 Å². The lowest BCUT2D eigenvalue weighted by atomic mass is 9.96. The van der Waals surface area contributed by atoms with E-state index in [0.717, 1.165) is 24.8 Å². The normalized spacial score (nSPS) is 14.3. The number of carbonyl (C=O) groups excluding carboxylic acids is 2. The van der Waals surface area contributed by atoms with Crippen molar-refractivity contribution in [2.45, 2.75) is 90.5 Å². The van der Waals surface area contributed by atoms with Crippen LogP contribution in [0.25, 0.3) is 0 Å². The second-order valence-electron chi connectivity index (χ2n) is 8.23. The molecule has 1 aromatic carbocycles. The predicted octanol–water partition coefficient (Wildman–Crippen LogP) is 4.47. The SMILES string of the molecule is CCCCCCCC(C)(O)/C=C/C(NC(=O)OCc1ccccc1)C(=O)NC(C)C. The molecule has 0 heterocycles. The van der Waals surface area contributed by atoms with Crippen LogP contribution in [0.5, 0.6) is 0 Å². The van der Waals surface area contributed by atoms with E-state index in [2.05, 4.69) is 17.6 Å². The highest BCUT2D eigenvalue weighted by Gasteiger charge is 2.22. The first-order chi connectivity index (χ1) is 14.2. The van der Waals surface area contributed by atoms with Gasteiger partial charge in [-0.2, -0.15) is 0 Å². The topological polar surface area (TPSA) is 87.7 Å². The van der Waals surface area contributed by atoms with E-state index in [-0.39, 0.29) is 18.6 Å². The molecule has 3 N–H and O–H groups in total. The van der Waals surface area contributed by atoms with E-state index in [1.54, 1.807) is 13.0 Å². The molecule has 6 nitrogen and oxygen atoms in total. The molecule has 0 fully saturated rings. The molecular weight excluding hydrogens is 380 g/mol. The Bertz CT molecular complexity index is 656. The Morgan fingerprint density at radius 2 is 1.77 bits per heavy atom. The van der Waals surface area contributed by atoms with Crippen LogP contribution in [-0.4, -0.2) is 34.8 Å². The summed E-state index contributed by atoms with van der Waals surface area (Å²) in [6.07, 6.45) is 8.55. The first-order valence-electron chi connectivity index (χ1n) is 10.9. The van der Waals surface area contributed by atoms with Gasteiger partial charge < -0.3 is 20.5 Å². The lowest BCUT2D eigenvalue weighted by molar-refractivity contribution is -0.122. The Morgan fingerprint density at radius 3 is 2.40 bits per heavy atom. The van der Waals surface area contributed by atoms with E-state index in [1.165, 1.54) is 18.9 Å². The molecule has 2 amide bonds. The zero-order valence-corrected chi connectivity index (χ0v) is 18.8. The maximum atomic E-state index is 12.5. The van der Waals surface area contributed by atoms with Crippen molar-refractivity contribution < 1.29 is 19.4 Å². The molecule has 0 aromatic heterocycles. The summed E-state index contributed by atoms with van der Waals surface area (Å²) in [5.74, 6) is -0.350. The first kappa shape index (κ1) is 25.7. The van der Waals surface area contributed by atoms with E-state index in [0.29, 0.717) is 6.42 Å². The third kappa shape index (κ3) is 11.6. The minimum Gasteiger partial charge on any atom is -0.445 e. The highest BCUT2D eigenvalue weighted by atomic mass is 16.5. The fraction of sp³-hybridized carbons (Fsp3) is 0.583. The average Bonchev–Trinajstić information content (AvgIpc) is 2.69. The number of nitrogens with one attached hydrogen (secondary N) is 2. The largest absolute Gasteiger partial charge is 0.445 e. The molecule has 0 aliphatic heterocycles. The number of carbonyl (C=O) groups is 2. The Kier molecular flexibility index (Phi) is 11.8. The molecule has 1 rings (SSSR count). The molecule has 0 aliphatic carbocycles. The molecule has 0 saturated heterocycles. The van der Waals surface area contributed by atoms with E-state index in [4.69, 9.17) is 4.74 Å². The molecule has 1 aromatic rings. The van der Waals surface area contributed by atoms with Crippen molar-refractivity contribution in [1.29, 1.82) is 0 Å². The highest BCUT2D eigenvalue weighted by molar-refractivity contribution is 5.87. The van der Waals surface area contributed by atoms with Gasteiger partial charge in [-0.15, -0.1) is 0 Å². The number of alkyl carbamates (subject to hydrolysis) is 1. The lowest BCUT2D eigenvalue weighted by Gasteiger charge is -2.21. The third-order valence-corrected chi connectivity index (χ3v) is 4.63. The van der Waals surface area contributed by atoms with Gasteiger partial charge in [-0.05, 0) is 32.8 Å². The van der Waals surface area contributed by atoms with Crippen molar-refractivity contribution >= 4 is 12.0 Å². The molecule has 6 heteroatoms. The number of amides is 2. The molecule has 0 spiro atoms. The van der Waals surface area contributed by atoms with Crippen LogP contribution in [-0.2, 0) is 16.1 Å². The van der Waals surface area contributed by atoms with Crippen LogP contribution < -0.4 is 10.6 Å². The summed E-state index contributed by atoms with van der Waals surface area (Å²) in [5.41, 5.74) is -0.185. The van der Waals surface area contributed by atoms with Gasteiger partial charge in [0.05, 0.1) is 5.60 Å². The Balaban J connectivity index is 2.66. The van der Waals surface area contributed by atoms with Crippen molar-refractivity contribution in [2.24, 2.45) is 0 Å². The summed E-state index contributed by atoms with van der Waals surface area (Å²) in [6, 6.07) is 8.32. The summed E-state index contributed by atoms with van der Waals surface area (Å²) in [7, 11) is 0. The van der Waals surface area contributed by atoms with Crippen molar-refractivity contribution in [1.82, 2.24) is 10.6 Å². The van der Waals surface area contributed by atoms with Gasteiger partial charge in [-0.3, -0.25) is 4.79 Å². The van der Waals surface area contributed by atoms with Crippen LogP contribution in [0.1, 0.15) is 71.8 Å². The van der Waals surface area contributed by atoms with Gasteiger partial charge in [0.1, 0.15) is 12.6 Å². The van der Waals surface area contributed by atoms with Crippen molar-refractivity contribution in [2.75, 3.05) is 0 Å². The maximum Gasteiger partial charge on any atom is 0.408 e. The van der Waals surface area contributed by atoms with Crippen molar-refractivity contribution in [3.8, 4) is 0 Å². The third-order valence-electron chi connectivity index (χ3n) is 4.63. The fourth-order valence-corrected chi connectivity index (χ4v) is 2.94. The Morgan fingerprint density at radius 1 is 1.10 bits per heavy atom. The number of hydrogen-bond acceptors (Lipinski definition) is 4. The van der Waals surface area contributed by atoms with Crippen LogP contribution >= 0.6 is 0 Å². The molecule has 2 unspecified atom stereocenters. The van der Waals surface area contributed by atoms with E-state index in [9.17, 15) is 14.7 Å². The summed E-state index contributed by atoms with van der Waals surface area (Å²) < 4.78 is 5.22. The zero-order valence-electron chi connectivity index (χ0n) is 18.8. The van der Waals surface area contributed by atoms with Crippen molar-refractivity contribution in [3.05, 3.63) is 48.0 Å². The van der Waals surface area contributed by atoms with E-state index >= 15 is 0 Å². The molecule has 2 atom stereocenters. The predicted molar refractivity (Wildman–Crippen MR) is 120 cm³/mol. The smallest absolute Gasteiger partial charge is 0.408 e. The number of aliphatic hydroxyl groups is 1. The van der Waals surface area contributed by atoms with Gasteiger partial charge in [0.25, 0.3) is 0 Å². The maximum absolute atomic E-state index is 12.5. The molecule has 0 aliphatic rings. The first-order valence-corrected chi connectivity index (χ1v) is 10.9. The highest BCUT2D eigenvalue weighted by Crippen LogP contribution is 2.17. The van der Waals surface area contributed by atoms with Gasteiger partial charge in [0.2, 0.25) is 5.91 Å². The second kappa shape index (κ2) is 13.8. The van der Waals surface area contributed by atoms with Gasteiger partial charge in [0, 0.05) is 6.04 Å². The van der Waals surface area contributed by atoms with Gasteiger partial charge in [-0.25, -0.2) is 4.79 Å². The monoisotopic (exact) mass is 418 g/mol. The summed E-state index contributed by atoms with van der Waals surface area (Å²) in [4.78, 5) is 24.7. The van der Waals surface area contributed by atoms with Crippen LogP contribution in [0.15, 0.2) is 42.5 Å². The molecular formula is C24H38N2O4. The molecule has 0 radical (unpaired) electrons. The number of benzene rings is 1. The van der Waals surface area contributed by atoms with E-state index < -0.39 is 17.7 Å². The second-order valence-corrected chi connectivity index (χ2v) is 8.23. The number of ether oxygens (including phenoxy) is 1. The van der Waals surface area contributed by atoms with Gasteiger partial charge in [0.15, 0.2) is 0 Å². The number of rotatable bonds is 13. The zero-order chi connectivity index (χ0) is 22.4. The summed E-state index contributed by atoms with van der Waals surface area (Å²) in [6.45, 7) is 7.69. The quantitative estimate of drug-likeness (QED) is 0.326. The lowest BCUT2D eigenvalue weighted by Crippen LogP contribution is -2.47. The van der Waals surface area contributed by atoms with Crippen LogP contribution in [0.3, 0.4) is 0 Å². The van der Waals surface area contributed by atoms with Gasteiger partial charge in [-0.1, -0.05) is 81.5 Å². The van der Waals surface area contributed by atoms with Gasteiger partial charge >= 0.3 is 6.09 Å². The molecule has 0 saturated carbocycles. The van der Waals surface area contributed by atoms with Crippen LogP contribution in [0, 0.1) is 0 Å². The number of unbranched alkanes of at least 4 members (excludes halogenated alkanes) is 4. The minimum atomic E-state index is -1.04. The molecule has 30 heavy (non-hydrogen) atoms. The Labute approximate surface area is 181 Å². The summed E-state index contributed by atoms with van der Waals surface area (Å²) in [5, 5.41) is 16.0. The minimum absolute atomic E-state index is 0.0744. The van der Waals surface area contributed by atoms with Crippen LogP contribution in [0.2, 0.25) is 0 Å².